The Morgan fingerprint density at radius 1 is 0.596 bits per heavy atom. The van der Waals surface area contributed by atoms with E-state index in [-0.39, 0.29) is 60.9 Å². The van der Waals surface area contributed by atoms with Gasteiger partial charge in [-0.2, -0.15) is 0 Å². The zero-order valence-corrected chi connectivity index (χ0v) is 39.6. The normalized spacial score (nSPS) is 11.6. The third kappa shape index (κ3) is 17.7. The van der Waals surface area contributed by atoms with Crippen LogP contribution in [0.2, 0.25) is 0 Å². The van der Waals surface area contributed by atoms with Gasteiger partial charge in [0.25, 0.3) is 0 Å². The van der Waals surface area contributed by atoms with Crippen molar-refractivity contribution in [1.29, 1.82) is 0 Å². The first-order chi connectivity index (χ1) is 27.2. The fourth-order valence-corrected chi connectivity index (χ4v) is 10.7. The maximum absolute atomic E-state index is 13.5. The molecule has 0 aliphatic heterocycles. The van der Waals surface area contributed by atoms with Gasteiger partial charge in [0.05, 0.1) is 21.4 Å². The minimum absolute atomic E-state index is 0. The molecule has 0 fully saturated rings. The molecule has 0 aliphatic carbocycles. The standard InChI is InChI=1S/C25H23NO4.C24H51OP.Eu/c1-4-26-22-8-6-5-7-20(22)21-13-16(9-10-23(21)26)24(27)15-25(28)17-11-18(29-2)14-19(12-17)30-3;1-4-7-10-13-16-19-22-26(25,23-20-17-14-11-8-5-2)24-21-18-15-12-9-6-3;/h5-15,28H,4H2,1-3H3;4-24H2,1-3H3;/b25-15-;;. The van der Waals surface area contributed by atoms with Crippen LogP contribution in [0.3, 0.4) is 0 Å². The molecule has 4 aromatic rings. The smallest absolute Gasteiger partial charge is 0.189 e. The Hall–Kier alpha value is -1.92. The largest absolute Gasteiger partial charge is 0.507 e. The number of para-hydroxylation sites is 1. The Morgan fingerprint density at radius 2 is 1.05 bits per heavy atom. The number of allylic oxidation sites excluding steroid dienone is 1. The van der Waals surface area contributed by atoms with Gasteiger partial charge in [0, 0.05) is 119 Å². The van der Waals surface area contributed by atoms with E-state index in [0.29, 0.717) is 22.6 Å². The number of aromatic nitrogens is 1. The molecule has 0 spiro atoms. The average molecular weight is 940 g/mol. The van der Waals surface area contributed by atoms with Crippen molar-refractivity contribution < 1.29 is 73.3 Å². The first kappa shape index (κ1) is 51.2. The van der Waals surface area contributed by atoms with Crippen LogP contribution in [-0.2, 0) is 11.1 Å². The van der Waals surface area contributed by atoms with Gasteiger partial charge in [-0.1, -0.05) is 135 Å². The van der Waals surface area contributed by atoms with Crippen molar-refractivity contribution in [3.8, 4) is 11.5 Å². The van der Waals surface area contributed by atoms with E-state index in [1.54, 1.807) is 24.3 Å². The average Bonchev–Trinajstić information content (AvgIpc) is 3.54. The number of benzene rings is 3. The number of ketones is 1. The van der Waals surface area contributed by atoms with Gasteiger partial charge in [0.15, 0.2) is 5.78 Å². The third-order valence-electron chi connectivity index (χ3n) is 11.0. The van der Waals surface area contributed by atoms with E-state index in [2.05, 4.69) is 44.4 Å². The number of hydrogen-bond acceptors (Lipinski definition) is 5. The Labute approximate surface area is 386 Å². The predicted octanol–water partition coefficient (Wildman–Crippen LogP) is 15.0. The Balaban J connectivity index is 0.000000392. The van der Waals surface area contributed by atoms with Gasteiger partial charge in [-0.05, 0) is 62.6 Å². The number of fused-ring (bicyclic) bond motifs is 3. The van der Waals surface area contributed by atoms with Crippen LogP contribution < -0.4 is 9.47 Å². The zero-order valence-electron chi connectivity index (χ0n) is 36.3. The monoisotopic (exact) mass is 940 g/mol. The molecule has 1 heterocycles. The minimum atomic E-state index is -1.89. The second-order valence-corrected chi connectivity index (χ2v) is 19.0. The van der Waals surface area contributed by atoms with Crippen LogP contribution in [0, 0.1) is 49.4 Å². The summed E-state index contributed by atoms with van der Waals surface area (Å²) >= 11 is 0. The van der Waals surface area contributed by atoms with Crippen LogP contribution in [0.5, 0.6) is 11.5 Å². The molecule has 317 valence electrons. The molecule has 1 N–H and O–H groups in total. The van der Waals surface area contributed by atoms with Crippen LogP contribution >= 0.6 is 7.14 Å². The number of hydrogen-bond donors (Lipinski definition) is 1. The minimum Gasteiger partial charge on any atom is -0.507 e. The predicted molar refractivity (Wildman–Crippen MR) is 242 cm³/mol. The van der Waals surface area contributed by atoms with E-state index in [1.165, 1.54) is 136 Å². The number of nitrogens with zero attached hydrogens (tertiary/aromatic N) is 1. The second kappa shape index (κ2) is 29.3. The molecule has 1 radical (unpaired) electrons. The molecule has 0 saturated heterocycles. The maximum Gasteiger partial charge on any atom is 0.189 e. The van der Waals surface area contributed by atoms with Crippen molar-refractivity contribution >= 4 is 40.5 Å². The van der Waals surface area contributed by atoms with Gasteiger partial charge in [-0.3, -0.25) is 4.79 Å². The zero-order chi connectivity index (χ0) is 40.6. The van der Waals surface area contributed by atoms with Crippen molar-refractivity contribution in [2.75, 3.05) is 32.7 Å². The van der Waals surface area contributed by atoms with Crippen molar-refractivity contribution in [3.05, 3.63) is 77.9 Å². The van der Waals surface area contributed by atoms with E-state index in [9.17, 15) is 14.5 Å². The number of unbranched alkanes of at least 4 members (excludes halogenated alkanes) is 15. The second-order valence-electron chi connectivity index (χ2n) is 15.5. The third-order valence-corrected chi connectivity index (χ3v) is 14.4. The molecule has 57 heavy (non-hydrogen) atoms. The summed E-state index contributed by atoms with van der Waals surface area (Å²) in [4.78, 5) is 12.9. The van der Waals surface area contributed by atoms with Crippen molar-refractivity contribution in [3.63, 3.8) is 0 Å². The number of aryl methyl sites for hydroxylation is 1. The Bertz CT molecular complexity index is 1740. The first-order valence-corrected chi connectivity index (χ1v) is 24.3. The fourth-order valence-electron chi connectivity index (χ4n) is 7.67. The molecule has 0 bridgehead atoms. The van der Waals surface area contributed by atoms with E-state index in [4.69, 9.17) is 9.47 Å². The van der Waals surface area contributed by atoms with Crippen molar-refractivity contribution in [2.45, 2.75) is 150 Å². The number of aliphatic hydroxyl groups is 1. The van der Waals surface area contributed by atoms with E-state index in [1.807, 2.05) is 24.3 Å². The SMILES string of the molecule is CCCCCCCCP(=O)(CCCCCCCC)CCCCCCCC.CCn1c2ccccc2c2cc(C(=O)/C=C(\O)c3cc(OC)cc(OC)c3)ccc21.[Eu]. The summed E-state index contributed by atoms with van der Waals surface area (Å²) in [5.41, 5.74) is 3.19. The van der Waals surface area contributed by atoms with Crippen LogP contribution in [0.15, 0.2) is 66.7 Å². The number of carbonyl (C=O) groups is 1. The Kier molecular flexibility index (Phi) is 26.4. The quantitative estimate of drug-likeness (QED) is 0.0212. The summed E-state index contributed by atoms with van der Waals surface area (Å²) in [6, 6.07) is 18.8. The van der Waals surface area contributed by atoms with Gasteiger partial charge in [-0.15, -0.1) is 0 Å². The van der Waals surface area contributed by atoms with Gasteiger partial charge in [-0.25, -0.2) is 0 Å². The molecule has 0 unspecified atom stereocenters. The van der Waals surface area contributed by atoms with Crippen LogP contribution in [0.1, 0.15) is 159 Å². The number of ether oxygens (including phenoxy) is 2. The maximum atomic E-state index is 13.5. The van der Waals surface area contributed by atoms with E-state index >= 15 is 0 Å². The molecule has 6 nitrogen and oxygen atoms in total. The first-order valence-electron chi connectivity index (χ1n) is 22.0. The molecule has 1 aromatic heterocycles. The van der Waals surface area contributed by atoms with E-state index < -0.39 is 7.14 Å². The summed E-state index contributed by atoms with van der Waals surface area (Å²) in [6.45, 7) is 9.77. The fraction of sp³-hybridized carbons (Fsp3) is 0.571. The molecule has 8 heteroatoms. The topological polar surface area (TPSA) is 77.8 Å². The summed E-state index contributed by atoms with van der Waals surface area (Å²) < 4.78 is 26.2. The van der Waals surface area contributed by atoms with Gasteiger partial charge < -0.3 is 23.7 Å². The van der Waals surface area contributed by atoms with Crippen LogP contribution in [0.4, 0.5) is 0 Å². The molecular weight excluding hydrogens is 865 g/mol. The number of carbonyl (C=O) groups excluding carboxylic acids is 1. The number of aliphatic hydroxyl groups excluding tert-OH is 1. The van der Waals surface area contributed by atoms with Crippen LogP contribution in [-0.4, -0.2) is 48.2 Å². The van der Waals surface area contributed by atoms with Gasteiger partial charge in [0.2, 0.25) is 0 Å². The van der Waals surface area contributed by atoms with Gasteiger partial charge in [0.1, 0.15) is 17.3 Å². The molecular formula is C49H74EuNO5P. The van der Waals surface area contributed by atoms with Crippen LogP contribution in [0.25, 0.3) is 27.6 Å². The Morgan fingerprint density at radius 3 is 1.53 bits per heavy atom. The molecule has 4 rings (SSSR count). The summed E-state index contributed by atoms with van der Waals surface area (Å²) in [5, 5.41) is 12.7. The van der Waals surface area contributed by atoms with Crippen molar-refractivity contribution in [1.82, 2.24) is 4.57 Å². The number of rotatable bonds is 27. The molecule has 0 amide bonds. The molecule has 0 atom stereocenters. The molecule has 0 saturated carbocycles. The summed E-state index contributed by atoms with van der Waals surface area (Å²) in [7, 11) is 1.18. The number of methoxy groups -OCH3 is 2. The molecule has 0 aliphatic rings. The van der Waals surface area contributed by atoms with Crippen molar-refractivity contribution in [2.24, 2.45) is 0 Å². The van der Waals surface area contributed by atoms with E-state index in [0.717, 1.165) is 46.8 Å². The summed E-state index contributed by atoms with van der Waals surface area (Å²) in [6.07, 6.45) is 28.1. The molecule has 3 aromatic carbocycles. The van der Waals surface area contributed by atoms with Gasteiger partial charge >= 0.3 is 0 Å². The summed E-state index contributed by atoms with van der Waals surface area (Å²) in [5.74, 6) is 0.647.